The first-order valence-electron chi connectivity index (χ1n) is 3.97. The van der Waals surface area contributed by atoms with Gasteiger partial charge in [0.25, 0.3) is 0 Å². The van der Waals surface area contributed by atoms with E-state index in [1.54, 1.807) is 6.07 Å². The second-order valence-electron chi connectivity index (χ2n) is 2.86. The van der Waals surface area contributed by atoms with Crippen LogP contribution in [0.1, 0.15) is 5.56 Å². The van der Waals surface area contributed by atoms with E-state index in [0.717, 1.165) is 6.20 Å². The summed E-state index contributed by atoms with van der Waals surface area (Å²) in [4.78, 5) is 3.74. The van der Waals surface area contributed by atoms with Crippen LogP contribution in [0.3, 0.4) is 0 Å². The Morgan fingerprint density at radius 2 is 2.13 bits per heavy atom. The SMILES string of the molecule is N#Cc1cn(C(F)(F)F)c2cccnc12. The van der Waals surface area contributed by atoms with Crippen LogP contribution in [0.15, 0.2) is 24.5 Å². The van der Waals surface area contributed by atoms with Gasteiger partial charge in [-0.25, -0.2) is 0 Å². The molecule has 0 atom stereocenters. The number of halogens is 3. The number of pyridine rings is 1. The van der Waals surface area contributed by atoms with Crippen LogP contribution in [0.4, 0.5) is 13.2 Å². The monoisotopic (exact) mass is 211 g/mol. The summed E-state index contributed by atoms with van der Waals surface area (Å²) in [5, 5.41) is 8.64. The van der Waals surface area contributed by atoms with E-state index >= 15 is 0 Å². The molecule has 0 N–H and O–H groups in total. The Morgan fingerprint density at radius 3 is 2.73 bits per heavy atom. The first-order valence-corrected chi connectivity index (χ1v) is 3.97. The van der Waals surface area contributed by atoms with Gasteiger partial charge in [0.05, 0.1) is 11.1 Å². The zero-order chi connectivity index (χ0) is 11.1. The van der Waals surface area contributed by atoms with Gasteiger partial charge < -0.3 is 0 Å². The van der Waals surface area contributed by atoms with Gasteiger partial charge in [-0.1, -0.05) is 0 Å². The molecule has 0 aliphatic rings. The highest BCUT2D eigenvalue weighted by atomic mass is 19.4. The summed E-state index contributed by atoms with van der Waals surface area (Å²) in [5.41, 5.74) is -0.123. The predicted octanol–water partition coefficient (Wildman–Crippen LogP) is 2.38. The summed E-state index contributed by atoms with van der Waals surface area (Å²) in [5.74, 6) is 0. The standard InChI is InChI=1S/C9H4F3N3/c10-9(11,12)15-5-6(4-13)8-7(15)2-1-3-14-8/h1-3,5H. The van der Waals surface area contributed by atoms with E-state index in [9.17, 15) is 13.2 Å². The molecule has 0 saturated heterocycles. The summed E-state index contributed by atoms with van der Waals surface area (Å²) in [6.45, 7) is 0. The Labute approximate surface area is 82.4 Å². The van der Waals surface area contributed by atoms with Crippen LogP contribution in [-0.2, 0) is 6.30 Å². The van der Waals surface area contributed by atoms with Crippen molar-refractivity contribution in [2.45, 2.75) is 6.30 Å². The molecule has 0 spiro atoms. The molecular formula is C9H4F3N3. The molecule has 76 valence electrons. The first kappa shape index (κ1) is 9.52. The number of aromatic nitrogens is 2. The van der Waals surface area contributed by atoms with Crippen LogP contribution in [0.25, 0.3) is 11.0 Å². The Balaban J connectivity index is 2.84. The summed E-state index contributed by atoms with van der Waals surface area (Å²) in [7, 11) is 0. The van der Waals surface area contributed by atoms with E-state index in [1.807, 2.05) is 0 Å². The third-order valence-electron chi connectivity index (χ3n) is 1.95. The summed E-state index contributed by atoms with van der Waals surface area (Å²) < 4.78 is 37.6. The molecule has 0 aromatic carbocycles. The minimum absolute atomic E-state index is 0.0670. The molecule has 2 aromatic rings. The highest BCUT2D eigenvalue weighted by Crippen LogP contribution is 2.29. The van der Waals surface area contributed by atoms with Crippen molar-refractivity contribution < 1.29 is 13.2 Å². The third-order valence-corrected chi connectivity index (χ3v) is 1.95. The van der Waals surface area contributed by atoms with Crippen molar-refractivity contribution in [1.82, 2.24) is 9.55 Å². The molecule has 2 rings (SSSR count). The quantitative estimate of drug-likeness (QED) is 0.671. The highest BCUT2D eigenvalue weighted by molar-refractivity contribution is 5.82. The van der Waals surface area contributed by atoms with Crippen LogP contribution < -0.4 is 0 Å². The van der Waals surface area contributed by atoms with E-state index in [4.69, 9.17) is 5.26 Å². The van der Waals surface area contributed by atoms with Crippen molar-refractivity contribution in [3.8, 4) is 6.07 Å². The zero-order valence-electron chi connectivity index (χ0n) is 7.28. The largest absolute Gasteiger partial charge is 0.489 e. The Morgan fingerprint density at radius 1 is 1.40 bits per heavy atom. The average molecular weight is 211 g/mol. The van der Waals surface area contributed by atoms with Gasteiger partial charge in [-0.3, -0.25) is 9.55 Å². The van der Waals surface area contributed by atoms with E-state index in [1.165, 1.54) is 18.3 Å². The molecule has 0 amide bonds. The molecule has 3 nitrogen and oxygen atoms in total. The second kappa shape index (κ2) is 2.98. The van der Waals surface area contributed by atoms with Crippen LogP contribution in [-0.4, -0.2) is 9.55 Å². The topological polar surface area (TPSA) is 41.6 Å². The van der Waals surface area contributed by atoms with Gasteiger partial charge in [-0.05, 0) is 12.1 Å². The molecule has 2 heterocycles. The maximum Gasteiger partial charge on any atom is 0.489 e. The van der Waals surface area contributed by atoms with Crippen molar-refractivity contribution in [1.29, 1.82) is 5.26 Å². The van der Waals surface area contributed by atoms with E-state index < -0.39 is 6.30 Å². The number of rotatable bonds is 0. The summed E-state index contributed by atoms with van der Waals surface area (Å²) >= 11 is 0. The van der Waals surface area contributed by atoms with Crippen LogP contribution in [0.5, 0.6) is 0 Å². The van der Waals surface area contributed by atoms with Crippen molar-refractivity contribution >= 4 is 11.0 Å². The Hall–Kier alpha value is -2.03. The van der Waals surface area contributed by atoms with Gasteiger partial charge in [0, 0.05) is 12.4 Å². The fourth-order valence-corrected chi connectivity index (χ4v) is 1.35. The van der Waals surface area contributed by atoms with Gasteiger partial charge in [-0.15, -0.1) is 13.2 Å². The second-order valence-corrected chi connectivity index (χ2v) is 2.86. The highest BCUT2D eigenvalue weighted by Gasteiger charge is 2.32. The lowest BCUT2D eigenvalue weighted by molar-refractivity contribution is -0.200. The normalized spacial score (nSPS) is 11.6. The Bertz CT molecular complexity index is 548. The molecule has 0 saturated carbocycles. The van der Waals surface area contributed by atoms with Crippen LogP contribution in [0, 0.1) is 11.3 Å². The van der Waals surface area contributed by atoms with E-state index in [0.29, 0.717) is 0 Å². The number of alkyl halides is 3. The minimum Gasteiger partial charge on any atom is -0.256 e. The number of fused-ring (bicyclic) bond motifs is 1. The number of hydrogen-bond acceptors (Lipinski definition) is 2. The molecule has 2 aromatic heterocycles. The van der Waals surface area contributed by atoms with Crippen LogP contribution in [0.2, 0.25) is 0 Å². The fraction of sp³-hybridized carbons (Fsp3) is 0.111. The molecular weight excluding hydrogens is 207 g/mol. The Kier molecular flexibility index (Phi) is 1.89. The summed E-state index contributed by atoms with van der Waals surface area (Å²) in [6, 6.07) is 4.35. The number of hydrogen-bond donors (Lipinski definition) is 0. The molecule has 0 aliphatic heterocycles. The molecule has 15 heavy (non-hydrogen) atoms. The molecule has 0 radical (unpaired) electrons. The number of nitrogens with zero attached hydrogens (tertiary/aromatic N) is 3. The van der Waals surface area contributed by atoms with E-state index in [-0.39, 0.29) is 21.2 Å². The predicted molar refractivity (Wildman–Crippen MR) is 45.7 cm³/mol. The van der Waals surface area contributed by atoms with Gasteiger partial charge in [0.2, 0.25) is 0 Å². The molecule has 0 aliphatic carbocycles. The fourth-order valence-electron chi connectivity index (χ4n) is 1.35. The van der Waals surface area contributed by atoms with Crippen molar-refractivity contribution in [2.24, 2.45) is 0 Å². The minimum atomic E-state index is -4.53. The first-order chi connectivity index (χ1) is 7.04. The third kappa shape index (κ3) is 1.42. The van der Waals surface area contributed by atoms with Gasteiger partial charge in [0.1, 0.15) is 11.6 Å². The van der Waals surface area contributed by atoms with Gasteiger partial charge in [-0.2, -0.15) is 5.26 Å². The molecule has 0 fully saturated rings. The van der Waals surface area contributed by atoms with E-state index in [2.05, 4.69) is 4.98 Å². The lowest BCUT2D eigenvalue weighted by Gasteiger charge is -2.07. The molecule has 0 unspecified atom stereocenters. The smallest absolute Gasteiger partial charge is 0.256 e. The average Bonchev–Trinajstić information content (AvgIpc) is 2.55. The van der Waals surface area contributed by atoms with Crippen LogP contribution >= 0.6 is 0 Å². The maximum absolute atomic E-state index is 12.5. The van der Waals surface area contributed by atoms with Crippen molar-refractivity contribution in [3.63, 3.8) is 0 Å². The maximum atomic E-state index is 12.5. The number of nitriles is 1. The van der Waals surface area contributed by atoms with Crippen molar-refractivity contribution in [2.75, 3.05) is 0 Å². The molecule has 6 heteroatoms. The van der Waals surface area contributed by atoms with Gasteiger partial charge >= 0.3 is 6.30 Å². The van der Waals surface area contributed by atoms with Gasteiger partial charge in [0.15, 0.2) is 0 Å². The van der Waals surface area contributed by atoms with Crippen molar-refractivity contribution in [3.05, 3.63) is 30.1 Å². The zero-order valence-corrected chi connectivity index (χ0v) is 7.28. The lowest BCUT2D eigenvalue weighted by atomic mass is 10.3. The summed E-state index contributed by atoms with van der Waals surface area (Å²) in [6.07, 6.45) is -2.43. The molecule has 0 bridgehead atoms. The lowest BCUT2D eigenvalue weighted by Crippen LogP contribution is -2.14.